The summed E-state index contributed by atoms with van der Waals surface area (Å²) < 4.78 is 91.7. The maximum absolute atomic E-state index is 15.4. The molecule has 360 valence electrons. The molecule has 2 aliphatic heterocycles. The van der Waals surface area contributed by atoms with Crippen LogP contribution in [0, 0.1) is 0 Å². The Hall–Kier alpha value is -1.82. The molecule has 0 radical (unpaired) electrons. The topological polar surface area (TPSA) is 58.2 Å². The van der Waals surface area contributed by atoms with Gasteiger partial charge in [-0.3, -0.25) is 9.59 Å². The highest BCUT2D eigenvalue weighted by atomic mass is 32.2. The minimum Gasteiger partial charge on any atom is -0.356 e. The largest absolute Gasteiger partial charge is 0.380 e. The summed E-state index contributed by atoms with van der Waals surface area (Å²) in [6.45, 7) is 5.56. The van der Waals surface area contributed by atoms with Crippen molar-refractivity contribution in [1.82, 2.24) is 10.6 Å². The molecule has 12 heteroatoms. The van der Waals surface area contributed by atoms with E-state index in [9.17, 15) is 18.4 Å². The number of hydrogen-bond acceptors (Lipinski definition) is 4. The predicted octanol–water partition coefficient (Wildman–Crippen LogP) is 16.3. The van der Waals surface area contributed by atoms with E-state index in [2.05, 4.69) is 24.5 Å². The van der Waals surface area contributed by atoms with Crippen LogP contribution in [0.3, 0.4) is 0 Å². The number of carbonyl (C=O) groups excluding carboxylic acids is 2. The van der Waals surface area contributed by atoms with E-state index in [0.29, 0.717) is 22.9 Å². The van der Waals surface area contributed by atoms with Crippen LogP contribution in [0.4, 0.5) is 26.3 Å². The predicted molar refractivity (Wildman–Crippen MR) is 253 cm³/mol. The molecule has 0 spiro atoms. The van der Waals surface area contributed by atoms with Gasteiger partial charge in [0.2, 0.25) is 11.8 Å². The molecule has 1 fully saturated rings. The first-order valence-corrected chi connectivity index (χ1v) is 27.0. The second-order valence-electron chi connectivity index (χ2n) is 18.6. The average molecular weight is 931 g/mol. The van der Waals surface area contributed by atoms with E-state index in [4.69, 9.17) is 0 Å². The molecule has 2 N–H and O–H groups in total. The second kappa shape index (κ2) is 28.4. The summed E-state index contributed by atoms with van der Waals surface area (Å²) in [5, 5.41) is 4.30. The third-order valence-electron chi connectivity index (χ3n) is 13.2. The average Bonchev–Trinajstić information content (AvgIpc) is 3.91. The Kier molecular flexibility index (Phi) is 24.2. The number of allylic oxidation sites excluding steroid dienone is 6. The molecular formula is C51H80F6N2O2S2. The van der Waals surface area contributed by atoms with Crippen molar-refractivity contribution in [3.63, 3.8) is 0 Å². The summed E-state index contributed by atoms with van der Waals surface area (Å²) in [4.78, 5) is 26.5. The fourth-order valence-electron chi connectivity index (χ4n) is 9.39. The molecule has 2 amide bonds. The number of amides is 2. The van der Waals surface area contributed by atoms with E-state index in [-0.39, 0.29) is 48.6 Å². The lowest BCUT2D eigenvalue weighted by atomic mass is 9.84. The molecule has 0 bridgehead atoms. The summed E-state index contributed by atoms with van der Waals surface area (Å²) in [5.41, 5.74) is -2.95. The molecule has 2 heterocycles. The highest BCUT2D eigenvalue weighted by Gasteiger charge is 2.83. The van der Waals surface area contributed by atoms with Crippen LogP contribution in [0.5, 0.6) is 0 Å². The minimum atomic E-state index is -5.59. The van der Waals surface area contributed by atoms with Crippen molar-refractivity contribution in [3.8, 4) is 0 Å². The molecule has 2 aliphatic carbocycles. The van der Waals surface area contributed by atoms with Crippen LogP contribution in [0.2, 0.25) is 0 Å². The van der Waals surface area contributed by atoms with Crippen molar-refractivity contribution in [2.75, 3.05) is 13.1 Å². The number of halogens is 6. The van der Waals surface area contributed by atoms with Gasteiger partial charge in [-0.2, -0.15) is 26.3 Å². The minimum absolute atomic E-state index is 0.0817. The van der Waals surface area contributed by atoms with Crippen LogP contribution in [-0.2, 0) is 9.59 Å². The Bertz CT molecular complexity index is 1430. The number of thioether (sulfide) groups is 2. The molecule has 4 rings (SSSR count). The summed E-state index contributed by atoms with van der Waals surface area (Å²) >= 11 is 2.40. The molecule has 0 unspecified atom stereocenters. The lowest BCUT2D eigenvalue weighted by Gasteiger charge is -2.30. The molecule has 0 aromatic carbocycles. The van der Waals surface area contributed by atoms with Crippen LogP contribution in [0.1, 0.15) is 219 Å². The number of alkyl halides is 6. The van der Waals surface area contributed by atoms with Crippen LogP contribution in [0.25, 0.3) is 0 Å². The summed E-state index contributed by atoms with van der Waals surface area (Å²) in [6, 6.07) is 0. The molecule has 4 aliphatic rings. The quantitative estimate of drug-likeness (QED) is 0.0485. The van der Waals surface area contributed by atoms with Gasteiger partial charge in [-0.25, -0.2) is 0 Å². The van der Waals surface area contributed by atoms with Gasteiger partial charge in [0.25, 0.3) is 0 Å². The number of fused-ring (bicyclic) bond motifs is 4. The van der Waals surface area contributed by atoms with Crippen LogP contribution in [0.15, 0.2) is 44.3 Å². The lowest BCUT2D eigenvalue weighted by Crippen LogP contribution is -2.47. The zero-order valence-electron chi connectivity index (χ0n) is 38.8. The maximum atomic E-state index is 15.4. The van der Waals surface area contributed by atoms with Gasteiger partial charge in [-0.1, -0.05) is 181 Å². The summed E-state index contributed by atoms with van der Waals surface area (Å²) in [6.07, 6.45) is 38.0. The fourth-order valence-corrected chi connectivity index (χ4v) is 12.4. The first-order valence-electron chi connectivity index (χ1n) is 25.3. The Morgan fingerprint density at radius 1 is 0.460 bits per heavy atom. The number of hydrogen-bond donors (Lipinski definition) is 2. The maximum Gasteiger partial charge on any atom is 0.380 e. The van der Waals surface area contributed by atoms with Crippen molar-refractivity contribution < 1.29 is 35.9 Å². The van der Waals surface area contributed by atoms with Gasteiger partial charge < -0.3 is 10.6 Å². The van der Waals surface area contributed by atoms with Crippen molar-refractivity contribution in [2.45, 2.75) is 248 Å². The third kappa shape index (κ3) is 16.2. The fraction of sp³-hybridized carbons (Fsp3) is 0.804. The van der Waals surface area contributed by atoms with E-state index >= 15 is 17.6 Å². The Morgan fingerprint density at radius 3 is 1.02 bits per heavy atom. The number of unbranched alkanes of at least 4 members (excludes halogenated alkanes) is 26. The van der Waals surface area contributed by atoms with E-state index < -0.39 is 39.4 Å². The number of carbonyl (C=O) groups is 2. The van der Waals surface area contributed by atoms with Gasteiger partial charge in [0.15, 0.2) is 0 Å². The molecule has 0 aromatic rings. The molecule has 2 atom stereocenters. The SMILES string of the molecule is CCCCCCCCCCCCCCCCNC(=O)CCC1=CC2=C3C(=C4C=C(CCC(=O)NCCCCCCCCCCCCCCCC)S[C@@H]4[C@H]2S1)C(F)(F)C(F)(F)C3(F)F. The van der Waals surface area contributed by atoms with Gasteiger partial charge in [0.1, 0.15) is 0 Å². The molecule has 63 heavy (non-hydrogen) atoms. The van der Waals surface area contributed by atoms with Gasteiger partial charge in [-0.05, 0) is 58.8 Å². The van der Waals surface area contributed by atoms with E-state index in [1.807, 2.05) is 0 Å². The van der Waals surface area contributed by atoms with E-state index in [1.54, 1.807) is 0 Å². The Labute approximate surface area is 385 Å². The van der Waals surface area contributed by atoms with Gasteiger partial charge >= 0.3 is 17.8 Å². The standard InChI is InChI=1S/C51H80F6N2O2S2/c1-3-5-7-9-11-13-15-17-19-21-23-25-27-29-35-58-43(60)33-31-39-37-41-45-46(50(54,55)51(56,57)49(45,52)53)42-38-40(63-48(42)47(41)62-39)32-34-44(61)59-36-30-28-26-24-22-20-18-16-14-12-10-8-6-4-2/h37-38,47-48H,3-36H2,1-2H3,(H,58,60)(H,59,61)/t47-,48-/m0/s1. The monoisotopic (exact) mass is 931 g/mol. The molecule has 0 saturated heterocycles. The summed E-state index contributed by atoms with van der Waals surface area (Å²) in [7, 11) is 0. The molecular weight excluding hydrogens is 851 g/mol. The van der Waals surface area contributed by atoms with Crippen LogP contribution >= 0.6 is 23.5 Å². The zero-order chi connectivity index (χ0) is 45.6. The van der Waals surface area contributed by atoms with Crippen molar-refractivity contribution in [3.05, 3.63) is 44.3 Å². The first-order chi connectivity index (χ1) is 30.4. The number of rotatable bonds is 36. The Morgan fingerprint density at radius 2 is 0.730 bits per heavy atom. The van der Waals surface area contributed by atoms with Gasteiger partial charge in [-0.15, -0.1) is 23.5 Å². The normalized spacial score (nSPS) is 20.4. The second-order valence-corrected chi connectivity index (χ2v) is 21.1. The summed E-state index contributed by atoms with van der Waals surface area (Å²) in [5.74, 6) is -16.1. The molecule has 1 saturated carbocycles. The van der Waals surface area contributed by atoms with Crippen molar-refractivity contribution >= 4 is 35.3 Å². The smallest absolute Gasteiger partial charge is 0.356 e. The molecule has 0 aromatic heterocycles. The van der Waals surface area contributed by atoms with Crippen LogP contribution < -0.4 is 10.6 Å². The Balaban J connectivity index is 1.15. The van der Waals surface area contributed by atoms with E-state index in [1.165, 1.54) is 177 Å². The van der Waals surface area contributed by atoms with Crippen molar-refractivity contribution in [1.29, 1.82) is 0 Å². The van der Waals surface area contributed by atoms with Crippen molar-refractivity contribution in [2.24, 2.45) is 0 Å². The lowest BCUT2D eigenvalue weighted by molar-refractivity contribution is -0.258. The van der Waals surface area contributed by atoms with Gasteiger partial charge in [0, 0.05) is 37.1 Å². The highest BCUT2D eigenvalue weighted by molar-refractivity contribution is 8.08. The molecule has 4 nitrogen and oxygen atoms in total. The van der Waals surface area contributed by atoms with Gasteiger partial charge in [0.05, 0.1) is 10.5 Å². The first kappa shape index (κ1) is 53.8. The number of nitrogens with one attached hydrogen (secondary N) is 2. The zero-order valence-corrected chi connectivity index (χ0v) is 40.4. The van der Waals surface area contributed by atoms with E-state index in [0.717, 1.165) is 38.5 Å². The highest BCUT2D eigenvalue weighted by Crippen LogP contribution is 2.69. The van der Waals surface area contributed by atoms with Crippen LogP contribution in [-0.4, -0.2) is 53.2 Å². The third-order valence-corrected chi connectivity index (χ3v) is 16.2.